The predicted molar refractivity (Wildman–Crippen MR) is 63.5 cm³/mol. The zero-order valence-electron chi connectivity index (χ0n) is 7.95. The van der Waals surface area contributed by atoms with Crippen molar-refractivity contribution in [3.05, 3.63) is 63.9 Å². The first-order valence-corrected chi connectivity index (χ1v) is 5.36. The summed E-state index contributed by atoms with van der Waals surface area (Å²) < 4.78 is 0. The Kier molecular flexibility index (Phi) is 3.24. The fourth-order valence-electron chi connectivity index (χ4n) is 1.39. The van der Waals surface area contributed by atoms with Crippen molar-refractivity contribution in [3.8, 4) is 0 Å². The smallest absolute Gasteiger partial charge is 0.129 e. The van der Waals surface area contributed by atoms with E-state index in [1.54, 1.807) is 6.07 Å². The van der Waals surface area contributed by atoms with Gasteiger partial charge in [-0.05, 0) is 23.8 Å². The minimum Gasteiger partial charge on any atom is -0.241 e. The molecule has 0 N–H and O–H groups in total. The van der Waals surface area contributed by atoms with Crippen molar-refractivity contribution in [3.63, 3.8) is 0 Å². The lowest BCUT2D eigenvalue weighted by Crippen LogP contribution is -1.92. The van der Waals surface area contributed by atoms with Crippen LogP contribution in [0.2, 0.25) is 10.2 Å². The van der Waals surface area contributed by atoms with Crippen LogP contribution in [0.15, 0.2) is 42.5 Å². The van der Waals surface area contributed by atoms with E-state index in [4.69, 9.17) is 23.2 Å². The molecule has 15 heavy (non-hydrogen) atoms. The second-order valence-electron chi connectivity index (χ2n) is 3.22. The van der Waals surface area contributed by atoms with E-state index in [2.05, 4.69) is 4.98 Å². The van der Waals surface area contributed by atoms with Crippen molar-refractivity contribution >= 4 is 23.2 Å². The second kappa shape index (κ2) is 4.65. The number of aromatic nitrogens is 1. The molecule has 0 atom stereocenters. The van der Waals surface area contributed by atoms with E-state index in [1.165, 1.54) is 0 Å². The van der Waals surface area contributed by atoms with Crippen LogP contribution in [0.25, 0.3) is 0 Å². The third-order valence-electron chi connectivity index (χ3n) is 2.10. The Morgan fingerprint density at radius 3 is 2.47 bits per heavy atom. The van der Waals surface area contributed by atoms with Crippen LogP contribution in [-0.4, -0.2) is 4.98 Å². The first-order valence-electron chi connectivity index (χ1n) is 4.60. The van der Waals surface area contributed by atoms with Crippen LogP contribution in [0.4, 0.5) is 0 Å². The van der Waals surface area contributed by atoms with E-state index in [1.807, 2.05) is 36.4 Å². The van der Waals surface area contributed by atoms with Crippen LogP contribution in [0.1, 0.15) is 11.3 Å². The molecule has 76 valence electrons. The summed E-state index contributed by atoms with van der Waals surface area (Å²) >= 11 is 11.9. The fourth-order valence-corrected chi connectivity index (χ4v) is 1.77. The molecule has 2 rings (SSSR count). The van der Waals surface area contributed by atoms with Gasteiger partial charge in [-0.25, -0.2) is 4.98 Å². The zero-order valence-corrected chi connectivity index (χ0v) is 9.46. The Morgan fingerprint density at radius 1 is 0.933 bits per heavy atom. The number of pyridine rings is 1. The highest BCUT2D eigenvalue weighted by atomic mass is 35.5. The summed E-state index contributed by atoms with van der Waals surface area (Å²) in [7, 11) is 0. The van der Waals surface area contributed by atoms with Crippen molar-refractivity contribution in [2.75, 3.05) is 0 Å². The molecular formula is C12H9Cl2N. The van der Waals surface area contributed by atoms with E-state index in [-0.39, 0.29) is 0 Å². The molecule has 3 heteroatoms. The Morgan fingerprint density at radius 2 is 1.73 bits per heavy atom. The van der Waals surface area contributed by atoms with E-state index in [9.17, 15) is 0 Å². The highest BCUT2D eigenvalue weighted by Gasteiger charge is 2.01. The van der Waals surface area contributed by atoms with E-state index < -0.39 is 0 Å². The van der Waals surface area contributed by atoms with Gasteiger partial charge in [-0.3, -0.25) is 0 Å². The van der Waals surface area contributed by atoms with Crippen LogP contribution < -0.4 is 0 Å². The molecule has 0 spiro atoms. The molecule has 0 fully saturated rings. The molecular weight excluding hydrogens is 229 g/mol. The van der Waals surface area contributed by atoms with E-state index in [0.717, 1.165) is 16.3 Å². The zero-order chi connectivity index (χ0) is 10.7. The molecule has 1 nitrogen and oxygen atoms in total. The largest absolute Gasteiger partial charge is 0.241 e. The number of nitrogens with zero attached hydrogens (tertiary/aromatic N) is 1. The van der Waals surface area contributed by atoms with Crippen molar-refractivity contribution < 1.29 is 0 Å². The first kappa shape index (κ1) is 10.5. The normalized spacial score (nSPS) is 10.3. The lowest BCUT2D eigenvalue weighted by molar-refractivity contribution is 1.07. The van der Waals surface area contributed by atoms with Gasteiger partial charge in [0.15, 0.2) is 0 Å². The van der Waals surface area contributed by atoms with Crippen molar-refractivity contribution in [1.82, 2.24) is 4.98 Å². The predicted octanol–water partition coefficient (Wildman–Crippen LogP) is 3.98. The van der Waals surface area contributed by atoms with Gasteiger partial charge < -0.3 is 0 Å². The highest BCUT2D eigenvalue weighted by molar-refractivity contribution is 6.31. The minimum absolute atomic E-state index is 0.513. The maximum atomic E-state index is 6.05. The number of hydrogen-bond donors (Lipinski definition) is 0. The number of rotatable bonds is 2. The molecule has 1 heterocycles. The van der Waals surface area contributed by atoms with Gasteiger partial charge in [-0.2, -0.15) is 0 Å². The Bertz CT molecular complexity index is 469. The minimum atomic E-state index is 0.513. The Labute approximate surface area is 98.7 Å². The molecule has 0 bridgehead atoms. The molecule has 0 amide bonds. The number of benzene rings is 1. The highest BCUT2D eigenvalue weighted by Crippen LogP contribution is 2.18. The summed E-state index contributed by atoms with van der Waals surface area (Å²) in [6, 6.07) is 13.3. The van der Waals surface area contributed by atoms with Gasteiger partial charge in [0.2, 0.25) is 0 Å². The van der Waals surface area contributed by atoms with Gasteiger partial charge in [-0.15, -0.1) is 0 Å². The van der Waals surface area contributed by atoms with Crippen molar-refractivity contribution in [2.24, 2.45) is 0 Å². The molecule has 0 aliphatic carbocycles. The summed E-state index contributed by atoms with van der Waals surface area (Å²) in [6.07, 6.45) is 0.709. The molecule has 0 saturated carbocycles. The van der Waals surface area contributed by atoms with Crippen LogP contribution >= 0.6 is 23.2 Å². The average Bonchev–Trinajstić information content (AvgIpc) is 2.22. The number of hydrogen-bond acceptors (Lipinski definition) is 1. The van der Waals surface area contributed by atoms with Gasteiger partial charge >= 0.3 is 0 Å². The fraction of sp³-hybridized carbons (Fsp3) is 0.0833. The van der Waals surface area contributed by atoms with Crippen molar-refractivity contribution in [2.45, 2.75) is 6.42 Å². The average molecular weight is 238 g/mol. The third kappa shape index (κ3) is 2.71. The molecule has 0 radical (unpaired) electrons. The first-order chi connectivity index (χ1) is 7.25. The van der Waals surface area contributed by atoms with Gasteiger partial charge in [0.1, 0.15) is 5.15 Å². The molecule has 0 aliphatic rings. The Hall–Kier alpha value is -1.05. The Balaban J connectivity index is 2.26. The summed E-state index contributed by atoms with van der Waals surface area (Å²) in [5.41, 5.74) is 1.99. The van der Waals surface area contributed by atoms with Crippen LogP contribution in [0.3, 0.4) is 0 Å². The molecule has 0 aliphatic heterocycles. The van der Waals surface area contributed by atoms with Crippen LogP contribution in [0, 0.1) is 0 Å². The van der Waals surface area contributed by atoms with Gasteiger partial charge in [0.05, 0.1) is 0 Å². The summed E-state index contributed by atoms with van der Waals surface area (Å²) in [5.74, 6) is 0. The lowest BCUT2D eigenvalue weighted by atomic mass is 10.1. The van der Waals surface area contributed by atoms with Crippen LogP contribution in [0.5, 0.6) is 0 Å². The maximum absolute atomic E-state index is 6.05. The van der Waals surface area contributed by atoms with Crippen molar-refractivity contribution in [1.29, 1.82) is 0 Å². The van der Waals surface area contributed by atoms with Gasteiger partial charge in [-0.1, -0.05) is 47.5 Å². The lowest BCUT2D eigenvalue weighted by Gasteiger charge is -2.03. The van der Waals surface area contributed by atoms with E-state index >= 15 is 0 Å². The summed E-state index contributed by atoms with van der Waals surface area (Å²) in [5, 5.41) is 1.28. The molecule has 0 saturated heterocycles. The van der Waals surface area contributed by atoms with E-state index in [0.29, 0.717) is 11.6 Å². The van der Waals surface area contributed by atoms with Gasteiger partial charge in [0, 0.05) is 17.1 Å². The summed E-state index contributed by atoms with van der Waals surface area (Å²) in [4.78, 5) is 4.22. The number of halogens is 2. The standard InChI is InChI=1S/C12H9Cl2N/c13-11-6-2-1-4-9(11)8-10-5-3-7-12(14)15-10/h1-7H,8H2. The topological polar surface area (TPSA) is 12.9 Å². The summed E-state index contributed by atoms with van der Waals surface area (Å²) in [6.45, 7) is 0. The monoisotopic (exact) mass is 237 g/mol. The molecule has 1 aromatic carbocycles. The maximum Gasteiger partial charge on any atom is 0.129 e. The molecule has 0 unspecified atom stereocenters. The third-order valence-corrected chi connectivity index (χ3v) is 2.68. The molecule has 2 aromatic rings. The second-order valence-corrected chi connectivity index (χ2v) is 4.01. The quantitative estimate of drug-likeness (QED) is 0.721. The van der Waals surface area contributed by atoms with Crippen LogP contribution in [-0.2, 0) is 6.42 Å². The van der Waals surface area contributed by atoms with Gasteiger partial charge in [0.25, 0.3) is 0 Å². The SMILES string of the molecule is Clc1cccc(Cc2ccccc2Cl)n1. The molecule has 1 aromatic heterocycles.